The molecule has 0 unspecified atom stereocenters. The van der Waals surface area contributed by atoms with Crippen molar-refractivity contribution < 1.29 is 9.53 Å². The summed E-state index contributed by atoms with van der Waals surface area (Å²) in [6.07, 6.45) is 1.77. The second-order valence-electron chi connectivity index (χ2n) is 4.21. The second-order valence-corrected chi connectivity index (χ2v) is 4.21. The standard InChI is InChI=1S/C9H14N2O2/c1-5(12)10-8-7-4-11-3-2-6(13-7)9(8)11/h6-9H,2-4H2,1H3,(H,10,12)/t6-,7-,8+,9+/m0/s1. The molecule has 13 heavy (non-hydrogen) atoms. The number of ether oxygens (including phenoxy) is 1. The van der Waals surface area contributed by atoms with E-state index in [-0.39, 0.29) is 18.1 Å². The number of carbonyl (C=O) groups excluding carboxylic acids is 1. The van der Waals surface area contributed by atoms with Crippen LogP contribution in [-0.2, 0) is 9.53 Å². The maximum Gasteiger partial charge on any atom is 0.217 e. The number of fused-ring (bicyclic) bond motifs is 1. The summed E-state index contributed by atoms with van der Waals surface area (Å²) < 4.78 is 5.81. The van der Waals surface area contributed by atoms with Crippen LogP contribution in [0.4, 0.5) is 0 Å². The number of morpholine rings is 1. The van der Waals surface area contributed by atoms with Crippen LogP contribution in [-0.4, -0.2) is 48.2 Å². The molecule has 0 aliphatic carbocycles. The summed E-state index contributed by atoms with van der Waals surface area (Å²) in [5.41, 5.74) is 0. The molecule has 3 fully saturated rings. The highest BCUT2D eigenvalue weighted by Gasteiger charge is 2.57. The molecule has 0 aromatic carbocycles. The fourth-order valence-corrected chi connectivity index (χ4v) is 3.00. The maximum atomic E-state index is 11.0. The zero-order chi connectivity index (χ0) is 9.00. The number of nitrogens with zero attached hydrogens (tertiary/aromatic N) is 1. The van der Waals surface area contributed by atoms with Crippen LogP contribution >= 0.6 is 0 Å². The Hall–Kier alpha value is -0.610. The van der Waals surface area contributed by atoms with E-state index in [1.807, 2.05) is 0 Å². The van der Waals surface area contributed by atoms with E-state index in [0.717, 1.165) is 19.5 Å². The summed E-state index contributed by atoms with van der Waals surface area (Å²) in [7, 11) is 0. The molecule has 3 aliphatic heterocycles. The predicted molar refractivity (Wildman–Crippen MR) is 46.2 cm³/mol. The first-order valence-electron chi connectivity index (χ1n) is 4.92. The van der Waals surface area contributed by atoms with E-state index >= 15 is 0 Å². The van der Waals surface area contributed by atoms with Crippen LogP contribution in [0.2, 0.25) is 0 Å². The van der Waals surface area contributed by atoms with E-state index in [0.29, 0.717) is 12.1 Å². The number of amides is 1. The molecule has 1 N–H and O–H groups in total. The molecule has 72 valence electrons. The Kier molecular flexibility index (Phi) is 1.46. The molecule has 0 aromatic heterocycles. The zero-order valence-corrected chi connectivity index (χ0v) is 7.69. The highest BCUT2D eigenvalue weighted by atomic mass is 16.5. The minimum Gasteiger partial charge on any atom is -0.370 e. The third-order valence-corrected chi connectivity index (χ3v) is 3.41. The van der Waals surface area contributed by atoms with Crippen molar-refractivity contribution in [2.75, 3.05) is 13.1 Å². The summed E-state index contributed by atoms with van der Waals surface area (Å²) in [5, 5.41) is 3.00. The van der Waals surface area contributed by atoms with Crippen LogP contribution in [0.25, 0.3) is 0 Å². The Morgan fingerprint density at radius 1 is 1.54 bits per heavy atom. The van der Waals surface area contributed by atoms with Gasteiger partial charge in [-0.05, 0) is 6.42 Å². The number of hydrogen-bond acceptors (Lipinski definition) is 3. The Labute approximate surface area is 77.2 Å². The van der Waals surface area contributed by atoms with Gasteiger partial charge in [0.2, 0.25) is 5.91 Å². The summed E-state index contributed by atoms with van der Waals surface area (Å²) in [5.74, 6) is 0.0630. The van der Waals surface area contributed by atoms with Crippen molar-refractivity contribution in [1.29, 1.82) is 0 Å². The highest BCUT2D eigenvalue weighted by molar-refractivity contribution is 5.73. The van der Waals surface area contributed by atoms with E-state index < -0.39 is 0 Å². The van der Waals surface area contributed by atoms with E-state index in [4.69, 9.17) is 4.74 Å². The van der Waals surface area contributed by atoms with Crippen molar-refractivity contribution >= 4 is 5.91 Å². The molecule has 0 radical (unpaired) electrons. The molecule has 0 spiro atoms. The van der Waals surface area contributed by atoms with Crippen molar-refractivity contribution in [1.82, 2.24) is 10.2 Å². The lowest BCUT2D eigenvalue weighted by atomic mass is 10.1. The second kappa shape index (κ2) is 2.45. The van der Waals surface area contributed by atoms with Crippen molar-refractivity contribution in [3.63, 3.8) is 0 Å². The van der Waals surface area contributed by atoms with Gasteiger partial charge >= 0.3 is 0 Å². The molecule has 3 rings (SSSR count). The topological polar surface area (TPSA) is 41.6 Å². The molecule has 1 amide bonds. The Balaban J connectivity index is 1.81. The van der Waals surface area contributed by atoms with Gasteiger partial charge in [0.15, 0.2) is 0 Å². The van der Waals surface area contributed by atoms with Gasteiger partial charge < -0.3 is 10.1 Å². The van der Waals surface area contributed by atoms with Gasteiger partial charge in [0, 0.05) is 20.0 Å². The van der Waals surface area contributed by atoms with Gasteiger partial charge in [-0.25, -0.2) is 0 Å². The van der Waals surface area contributed by atoms with Gasteiger partial charge in [-0.15, -0.1) is 0 Å². The fraction of sp³-hybridized carbons (Fsp3) is 0.889. The summed E-state index contributed by atoms with van der Waals surface area (Å²) >= 11 is 0. The van der Waals surface area contributed by atoms with Gasteiger partial charge in [0.25, 0.3) is 0 Å². The monoisotopic (exact) mass is 182 g/mol. The lowest BCUT2D eigenvalue weighted by Crippen LogP contribution is -2.44. The third-order valence-electron chi connectivity index (χ3n) is 3.41. The van der Waals surface area contributed by atoms with Crippen LogP contribution in [0.15, 0.2) is 0 Å². The van der Waals surface area contributed by atoms with E-state index in [1.54, 1.807) is 6.92 Å². The van der Waals surface area contributed by atoms with Gasteiger partial charge in [0.05, 0.1) is 24.3 Å². The molecular formula is C9H14N2O2. The smallest absolute Gasteiger partial charge is 0.217 e. The van der Waals surface area contributed by atoms with Gasteiger partial charge in [0.1, 0.15) is 0 Å². The normalized spacial score (nSPS) is 47.2. The molecule has 4 heteroatoms. The molecular weight excluding hydrogens is 168 g/mol. The number of nitrogens with one attached hydrogen (secondary N) is 1. The Bertz CT molecular complexity index is 242. The Morgan fingerprint density at radius 2 is 2.38 bits per heavy atom. The lowest BCUT2D eigenvalue weighted by Gasteiger charge is -2.21. The average Bonchev–Trinajstić information content (AvgIpc) is 2.60. The molecule has 0 aromatic rings. The van der Waals surface area contributed by atoms with E-state index in [2.05, 4.69) is 10.2 Å². The van der Waals surface area contributed by atoms with E-state index in [9.17, 15) is 4.79 Å². The minimum atomic E-state index is 0.0630. The van der Waals surface area contributed by atoms with Crippen molar-refractivity contribution in [3.05, 3.63) is 0 Å². The SMILES string of the molecule is CC(=O)N[C@H]1[C@H]2[C@@H]3CCN2C[C@@H]1O3. The summed E-state index contributed by atoms with van der Waals surface area (Å²) in [6.45, 7) is 3.73. The Morgan fingerprint density at radius 3 is 3.08 bits per heavy atom. The maximum absolute atomic E-state index is 11.0. The van der Waals surface area contributed by atoms with Crippen LogP contribution in [0.1, 0.15) is 13.3 Å². The number of carbonyl (C=O) groups is 1. The van der Waals surface area contributed by atoms with E-state index in [1.165, 1.54) is 0 Å². The zero-order valence-electron chi connectivity index (χ0n) is 7.69. The molecule has 3 heterocycles. The molecule has 0 saturated carbocycles. The van der Waals surface area contributed by atoms with Gasteiger partial charge in [-0.2, -0.15) is 0 Å². The molecule has 4 atom stereocenters. The van der Waals surface area contributed by atoms with Gasteiger partial charge in [-0.1, -0.05) is 0 Å². The van der Waals surface area contributed by atoms with Crippen LogP contribution in [0, 0.1) is 0 Å². The van der Waals surface area contributed by atoms with Crippen LogP contribution in [0.3, 0.4) is 0 Å². The first-order chi connectivity index (χ1) is 6.25. The van der Waals surface area contributed by atoms with Crippen LogP contribution < -0.4 is 5.32 Å². The molecule has 4 nitrogen and oxygen atoms in total. The number of hydrogen-bond donors (Lipinski definition) is 1. The predicted octanol–water partition coefficient (Wildman–Crippen LogP) is -0.654. The van der Waals surface area contributed by atoms with Crippen LogP contribution in [0.5, 0.6) is 0 Å². The lowest BCUT2D eigenvalue weighted by molar-refractivity contribution is -0.119. The summed E-state index contributed by atoms with van der Waals surface area (Å²) in [6, 6.07) is 0.721. The molecule has 3 aliphatic rings. The number of rotatable bonds is 1. The molecule has 2 bridgehead atoms. The summed E-state index contributed by atoms with van der Waals surface area (Å²) in [4.78, 5) is 13.4. The highest BCUT2D eigenvalue weighted by Crippen LogP contribution is 2.39. The van der Waals surface area contributed by atoms with Crippen molar-refractivity contribution in [3.8, 4) is 0 Å². The first kappa shape index (κ1) is 7.76. The van der Waals surface area contributed by atoms with Crippen molar-refractivity contribution in [2.45, 2.75) is 37.6 Å². The molecule has 3 saturated heterocycles. The quantitative estimate of drug-likeness (QED) is 0.585. The minimum absolute atomic E-state index is 0.0630. The average molecular weight is 182 g/mol. The fourth-order valence-electron chi connectivity index (χ4n) is 3.00. The first-order valence-corrected chi connectivity index (χ1v) is 4.92. The third kappa shape index (κ3) is 0.957. The largest absolute Gasteiger partial charge is 0.370 e. The van der Waals surface area contributed by atoms with Crippen molar-refractivity contribution in [2.24, 2.45) is 0 Å². The van der Waals surface area contributed by atoms with Gasteiger partial charge in [-0.3, -0.25) is 9.69 Å².